The molecule has 2 aromatic rings. The molecule has 152 valence electrons. The first-order valence-corrected chi connectivity index (χ1v) is 9.03. The van der Waals surface area contributed by atoms with E-state index in [0.29, 0.717) is 12.0 Å². The van der Waals surface area contributed by atoms with E-state index in [4.69, 9.17) is 21.6 Å². The molecule has 1 heterocycles. The summed E-state index contributed by atoms with van der Waals surface area (Å²) in [7, 11) is 0. The average Bonchev–Trinajstić information content (AvgIpc) is 2.68. The van der Waals surface area contributed by atoms with Crippen LogP contribution in [0.1, 0.15) is 17.5 Å². The maximum Gasteiger partial charge on any atom is 0.320 e. The molecule has 2 aromatic carbocycles. The fraction of sp³-hybridized carbons (Fsp3) is 0.143. The normalized spacial score (nSPS) is 15.8. The number of carbonyl (C=O) groups is 2. The molecule has 1 aliphatic rings. The van der Waals surface area contributed by atoms with Crippen LogP contribution in [0.25, 0.3) is 0 Å². The lowest BCUT2D eigenvalue weighted by Gasteiger charge is -2.19. The van der Waals surface area contributed by atoms with Crippen molar-refractivity contribution in [3.05, 3.63) is 76.1 Å². The third-order valence-electron chi connectivity index (χ3n) is 4.32. The number of rotatable bonds is 6. The number of aliphatic imine (C=N–C) groups is 1. The number of carboxylic acids is 1. The SMILES string of the molecule is N#Cc1ccc(CCC2=NC(Oc3ccc(F)c(F)c3)=CC(=O)C2C(=O)O)cc1Cl. The monoisotopic (exact) mass is 430 g/mol. The van der Waals surface area contributed by atoms with Gasteiger partial charge in [0.1, 0.15) is 11.8 Å². The Morgan fingerprint density at radius 2 is 1.97 bits per heavy atom. The van der Waals surface area contributed by atoms with E-state index in [1.165, 1.54) is 6.07 Å². The molecule has 30 heavy (non-hydrogen) atoms. The third-order valence-corrected chi connectivity index (χ3v) is 4.63. The van der Waals surface area contributed by atoms with Crippen LogP contribution in [-0.2, 0) is 16.0 Å². The highest BCUT2D eigenvalue weighted by molar-refractivity contribution is 6.31. The topological polar surface area (TPSA) is 99.8 Å². The number of benzene rings is 2. The van der Waals surface area contributed by atoms with Crippen LogP contribution in [0, 0.1) is 28.9 Å². The van der Waals surface area contributed by atoms with E-state index in [9.17, 15) is 23.5 Å². The molecule has 3 rings (SSSR count). The standard InChI is InChI=1S/C21H13ClF2N2O4/c22-14-7-11(1-3-12(14)10-25)2-6-17-20(21(28)29)18(27)9-19(26-17)30-13-4-5-15(23)16(24)8-13/h1,3-5,7-9,20H,2,6H2,(H,28,29). The summed E-state index contributed by atoms with van der Waals surface area (Å²) in [4.78, 5) is 28.0. The molecule has 1 aliphatic heterocycles. The number of hydrogen-bond acceptors (Lipinski definition) is 5. The van der Waals surface area contributed by atoms with Gasteiger partial charge in [0.15, 0.2) is 23.3 Å². The smallest absolute Gasteiger partial charge is 0.320 e. The van der Waals surface area contributed by atoms with Gasteiger partial charge in [-0.15, -0.1) is 0 Å². The number of carboxylic acid groups (broad SMARTS) is 1. The van der Waals surface area contributed by atoms with Crippen LogP contribution in [0.5, 0.6) is 5.75 Å². The Labute approximate surface area is 174 Å². The van der Waals surface area contributed by atoms with E-state index >= 15 is 0 Å². The molecule has 0 bridgehead atoms. The number of aryl methyl sites for hydroxylation is 1. The zero-order chi connectivity index (χ0) is 21.8. The first kappa shape index (κ1) is 21.1. The predicted molar refractivity (Wildman–Crippen MR) is 103 cm³/mol. The van der Waals surface area contributed by atoms with Crippen molar-refractivity contribution in [2.75, 3.05) is 0 Å². The van der Waals surface area contributed by atoms with Crippen molar-refractivity contribution in [3.63, 3.8) is 0 Å². The summed E-state index contributed by atoms with van der Waals surface area (Å²) in [6.45, 7) is 0. The van der Waals surface area contributed by atoms with Crippen LogP contribution in [0.4, 0.5) is 8.78 Å². The lowest BCUT2D eigenvalue weighted by molar-refractivity contribution is -0.142. The van der Waals surface area contributed by atoms with Gasteiger partial charge in [-0.2, -0.15) is 5.26 Å². The lowest BCUT2D eigenvalue weighted by Crippen LogP contribution is -2.34. The van der Waals surface area contributed by atoms with Gasteiger partial charge in [-0.1, -0.05) is 17.7 Å². The van der Waals surface area contributed by atoms with E-state index in [-0.39, 0.29) is 28.8 Å². The Kier molecular flexibility index (Phi) is 6.23. The molecule has 1 unspecified atom stereocenters. The van der Waals surface area contributed by atoms with Crippen LogP contribution in [-0.4, -0.2) is 22.6 Å². The zero-order valence-corrected chi connectivity index (χ0v) is 16.0. The van der Waals surface area contributed by atoms with Gasteiger partial charge < -0.3 is 9.84 Å². The predicted octanol–water partition coefficient (Wildman–Crippen LogP) is 4.07. The van der Waals surface area contributed by atoms with Gasteiger partial charge in [-0.3, -0.25) is 9.59 Å². The summed E-state index contributed by atoms with van der Waals surface area (Å²) in [6, 6.07) is 9.52. The van der Waals surface area contributed by atoms with Crippen LogP contribution < -0.4 is 4.74 Å². The maximum absolute atomic E-state index is 13.4. The quantitative estimate of drug-likeness (QED) is 0.696. The molecule has 0 saturated heterocycles. The van der Waals surface area contributed by atoms with Crippen molar-refractivity contribution in [2.45, 2.75) is 12.8 Å². The van der Waals surface area contributed by atoms with E-state index in [1.807, 2.05) is 6.07 Å². The fourth-order valence-corrected chi connectivity index (χ4v) is 3.11. The summed E-state index contributed by atoms with van der Waals surface area (Å²) in [5.41, 5.74) is 1.07. The fourth-order valence-electron chi connectivity index (χ4n) is 2.86. The number of aliphatic carboxylic acids is 1. The van der Waals surface area contributed by atoms with Gasteiger partial charge in [0.25, 0.3) is 0 Å². The van der Waals surface area contributed by atoms with Gasteiger partial charge in [-0.25, -0.2) is 13.8 Å². The van der Waals surface area contributed by atoms with Crippen LogP contribution in [0.3, 0.4) is 0 Å². The summed E-state index contributed by atoms with van der Waals surface area (Å²) in [5.74, 6) is -6.10. The Hall–Kier alpha value is -3.57. The third kappa shape index (κ3) is 4.70. The van der Waals surface area contributed by atoms with Gasteiger partial charge in [0.2, 0.25) is 5.88 Å². The van der Waals surface area contributed by atoms with E-state index in [2.05, 4.69) is 4.99 Å². The van der Waals surface area contributed by atoms with E-state index in [1.54, 1.807) is 12.1 Å². The first-order chi connectivity index (χ1) is 14.3. The van der Waals surface area contributed by atoms with Gasteiger partial charge in [0, 0.05) is 17.9 Å². The molecule has 0 fully saturated rings. The summed E-state index contributed by atoms with van der Waals surface area (Å²) in [5, 5.41) is 18.6. The Bertz CT molecular complexity index is 1140. The van der Waals surface area contributed by atoms with Crippen molar-refractivity contribution in [1.82, 2.24) is 0 Å². The number of halogens is 3. The molecule has 0 aromatic heterocycles. The van der Waals surface area contributed by atoms with Crippen molar-refractivity contribution < 1.29 is 28.2 Å². The number of nitrogens with zero attached hydrogens (tertiary/aromatic N) is 2. The Morgan fingerprint density at radius 3 is 2.60 bits per heavy atom. The molecule has 1 N–H and O–H groups in total. The molecule has 9 heteroatoms. The Balaban J connectivity index is 1.83. The molecular weight excluding hydrogens is 418 g/mol. The Morgan fingerprint density at radius 1 is 1.20 bits per heavy atom. The van der Waals surface area contributed by atoms with E-state index < -0.39 is 29.3 Å². The molecule has 1 atom stereocenters. The van der Waals surface area contributed by atoms with Gasteiger partial charge >= 0.3 is 5.97 Å². The molecule has 0 saturated carbocycles. The van der Waals surface area contributed by atoms with Gasteiger partial charge in [0.05, 0.1) is 10.6 Å². The largest absolute Gasteiger partial charge is 0.480 e. The lowest BCUT2D eigenvalue weighted by atomic mass is 9.91. The second-order valence-electron chi connectivity index (χ2n) is 6.36. The zero-order valence-electron chi connectivity index (χ0n) is 15.2. The molecule has 0 radical (unpaired) electrons. The minimum Gasteiger partial charge on any atom is -0.480 e. The van der Waals surface area contributed by atoms with Crippen molar-refractivity contribution in [3.8, 4) is 11.8 Å². The highest BCUT2D eigenvalue weighted by atomic mass is 35.5. The minimum absolute atomic E-state index is 0.0491. The van der Waals surface area contributed by atoms with Crippen molar-refractivity contribution in [2.24, 2.45) is 10.9 Å². The van der Waals surface area contributed by atoms with E-state index in [0.717, 1.165) is 29.8 Å². The first-order valence-electron chi connectivity index (χ1n) is 8.65. The molecule has 6 nitrogen and oxygen atoms in total. The highest BCUT2D eigenvalue weighted by Crippen LogP contribution is 2.24. The number of hydrogen-bond donors (Lipinski definition) is 1. The molecule has 0 aliphatic carbocycles. The highest BCUT2D eigenvalue weighted by Gasteiger charge is 2.34. The second-order valence-corrected chi connectivity index (χ2v) is 6.77. The minimum atomic E-state index is -1.48. The summed E-state index contributed by atoms with van der Waals surface area (Å²) >= 11 is 6.00. The van der Waals surface area contributed by atoms with Crippen LogP contribution in [0.15, 0.2) is 53.3 Å². The number of ketones is 1. The second kappa shape index (κ2) is 8.84. The maximum atomic E-state index is 13.4. The number of ether oxygens (including phenoxy) is 1. The van der Waals surface area contributed by atoms with Crippen molar-refractivity contribution in [1.29, 1.82) is 5.26 Å². The number of allylic oxidation sites excluding steroid dienone is 1. The molecule has 0 amide bonds. The summed E-state index contributed by atoms with van der Waals surface area (Å²) in [6.07, 6.45) is 1.31. The van der Waals surface area contributed by atoms with Crippen LogP contribution >= 0.6 is 11.6 Å². The molecular formula is C21H13ClF2N2O4. The van der Waals surface area contributed by atoms with Crippen molar-refractivity contribution >= 4 is 29.1 Å². The number of nitriles is 1. The van der Waals surface area contributed by atoms with Crippen LogP contribution in [0.2, 0.25) is 5.02 Å². The average molecular weight is 431 g/mol. The van der Waals surface area contributed by atoms with Gasteiger partial charge in [-0.05, 0) is 42.7 Å². The number of carbonyl (C=O) groups excluding carboxylic acids is 1. The molecule has 0 spiro atoms. The summed E-state index contributed by atoms with van der Waals surface area (Å²) < 4.78 is 31.7.